The SMILES string of the molecule is O=S(=O)(Nc1ccc2ncccc2n1)c1cnc2onc(-c3ccccc3)c2c1. The maximum atomic E-state index is 12.9. The number of hydrogen-bond acceptors (Lipinski definition) is 7. The van der Waals surface area contributed by atoms with Crippen LogP contribution in [0.5, 0.6) is 0 Å². The summed E-state index contributed by atoms with van der Waals surface area (Å²) in [6.07, 6.45) is 2.88. The molecule has 8 nitrogen and oxygen atoms in total. The predicted molar refractivity (Wildman–Crippen MR) is 108 cm³/mol. The summed E-state index contributed by atoms with van der Waals surface area (Å²) in [4.78, 5) is 12.6. The van der Waals surface area contributed by atoms with Gasteiger partial charge < -0.3 is 4.52 Å². The summed E-state index contributed by atoms with van der Waals surface area (Å²) in [7, 11) is -3.92. The quantitative estimate of drug-likeness (QED) is 0.488. The molecule has 1 aromatic carbocycles. The van der Waals surface area contributed by atoms with Gasteiger partial charge in [-0.1, -0.05) is 35.5 Å². The van der Waals surface area contributed by atoms with E-state index in [-0.39, 0.29) is 16.4 Å². The van der Waals surface area contributed by atoms with Crippen molar-refractivity contribution in [2.75, 3.05) is 4.72 Å². The van der Waals surface area contributed by atoms with Crippen LogP contribution in [0.3, 0.4) is 0 Å². The van der Waals surface area contributed by atoms with E-state index in [1.54, 1.807) is 30.5 Å². The van der Waals surface area contributed by atoms with Crippen molar-refractivity contribution in [3.63, 3.8) is 0 Å². The fourth-order valence-corrected chi connectivity index (χ4v) is 3.95. The second-order valence-electron chi connectivity index (χ2n) is 6.26. The fourth-order valence-electron chi connectivity index (χ4n) is 2.98. The number of nitrogens with one attached hydrogen (secondary N) is 1. The first-order valence-corrected chi connectivity index (χ1v) is 10.1. The van der Waals surface area contributed by atoms with Crippen LogP contribution in [0.1, 0.15) is 0 Å². The summed E-state index contributed by atoms with van der Waals surface area (Å²) < 4.78 is 33.5. The maximum absolute atomic E-state index is 12.9. The van der Waals surface area contributed by atoms with E-state index in [1.807, 2.05) is 30.3 Å². The molecule has 0 fully saturated rings. The zero-order valence-electron chi connectivity index (χ0n) is 14.9. The van der Waals surface area contributed by atoms with E-state index in [9.17, 15) is 8.42 Å². The van der Waals surface area contributed by atoms with Crippen molar-refractivity contribution in [2.24, 2.45) is 0 Å². The Hall–Kier alpha value is -3.85. The van der Waals surface area contributed by atoms with Crippen LogP contribution in [0, 0.1) is 0 Å². The molecule has 0 saturated carbocycles. The topological polar surface area (TPSA) is 111 Å². The van der Waals surface area contributed by atoms with Gasteiger partial charge in [0.2, 0.25) is 0 Å². The minimum atomic E-state index is -3.92. The standard InChI is InChI=1S/C20H13N5O3S/c26-29(27,25-18-9-8-16-17(23-18)7-4-10-21-16)14-11-15-19(13-5-2-1-3-6-13)24-28-20(15)22-12-14/h1-12H,(H,23,25). The molecule has 0 radical (unpaired) electrons. The van der Waals surface area contributed by atoms with Crippen molar-refractivity contribution in [2.45, 2.75) is 4.90 Å². The van der Waals surface area contributed by atoms with Crippen molar-refractivity contribution in [3.8, 4) is 11.3 Å². The minimum absolute atomic E-state index is 0.0153. The number of aromatic nitrogens is 4. The highest BCUT2D eigenvalue weighted by Gasteiger charge is 2.20. The number of hydrogen-bond donors (Lipinski definition) is 1. The van der Waals surface area contributed by atoms with Crippen LogP contribution in [0.4, 0.5) is 5.82 Å². The van der Waals surface area contributed by atoms with Gasteiger partial charge in [0, 0.05) is 11.8 Å². The van der Waals surface area contributed by atoms with E-state index >= 15 is 0 Å². The van der Waals surface area contributed by atoms with Gasteiger partial charge in [0.25, 0.3) is 15.7 Å². The average molecular weight is 403 g/mol. The normalized spacial score (nSPS) is 11.7. The van der Waals surface area contributed by atoms with Crippen LogP contribution < -0.4 is 4.72 Å². The molecule has 4 aromatic heterocycles. The summed E-state index contributed by atoms with van der Waals surface area (Å²) in [6.45, 7) is 0. The molecule has 0 aliphatic heterocycles. The van der Waals surface area contributed by atoms with Gasteiger partial charge in [-0.05, 0) is 30.3 Å². The van der Waals surface area contributed by atoms with Gasteiger partial charge in [0.1, 0.15) is 16.4 Å². The molecule has 0 amide bonds. The molecule has 0 bridgehead atoms. The first-order valence-electron chi connectivity index (χ1n) is 8.66. The molecule has 5 rings (SSSR count). The Balaban J connectivity index is 1.54. The van der Waals surface area contributed by atoms with Gasteiger partial charge >= 0.3 is 0 Å². The summed E-state index contributed by atoms with van der Waals surface area (Å²) in [5.74, 6) is 0.194. The Kier molecular flexibility index (Phi) is 3.95. The van der Waals surface area contributed by atoms with Gasteiger partial charge in [-0.2, -0.15) is 0 Å². The molecule has 0 spiro atoms. The largest absolute Gasteiger partial charge is 0.335 e. The molecule has 1 N–H and O–H groups in total. The molecular weight excluding hydrogens is 390 g/mol. The van der Waals surface area contributed by atoms with Gasteiger partial charge in [0.15, 0.2) is 0 Å². The summed E-state index contributed by atoms with van der Waals surface area (Å²) in [6, 6.07) is 17.6. The molecule has 142 valence electrons. The van der Waals surface area contributed by atoms with E-state index in [2.05, 4.69) is 24.8 Å². The lowest BCUT2D eigenvalue weighted by atomic mass is 10.1. The monoisotopic (exact) mass is 403 g/mol. The molecule has 4 heterocycles. The summed E-state index contributed by atoms with van der Waals surface area (Å²) in [5, 5.41) is 4.54. The number of nitrogens with zero attached hydrogens (tertiary/aromatic N) is 4. The van der Waals surface area contributed by atoms with E-state index in [1.165, 1.54) is 12.3 Å². The van der Waals surface area contributed by atoms with Crippen molar-refractivity contribution in [3.05, 3.63) is 73.1 Å². The van der Waals surface area contributed by atoms with Crippen LogP contribution in [0.25, 0.3) is 33.4 Å². The molecule has 0 saturated heterocycles. The number of rotatable bonds is 4. The minimum Gasteiger partial charge on any atom is -0.335 e. The lowest BCUT2D eigenvalue weighted by Gasteiger charge is -2.08. The van der Waals surface area contributed by atoms with Crippen molar-refractivity contribution in [1.29, 1.82) is 0 Å². The number of sulfonamides is 1. The first-order chi connectivity index (χ1) is 14.1. The molecule has 0 atom stereocenters. The average Bonchev–Trinajstić information content (AvgIpc) is 3.17. The zero-order valence-corrected chi connectivity index (χ0v) is 15.7. The lowest BCUT2D eigenvalue weighted by Crippen LogP contribution is -2.14. The van der Waals surface area contributed by atoms with Gasteiger partial charge in [0.05, 0.1) is 22.6 Å². The lowest BCUT2D eigenvalue weighted by molar-refractivity contribution is 0.451. The second-order valence-corrected chi connectivity index (χ2v) is 7.95. The highest BCUT2D eigenvalue weighted by atomic mass is 32.2. The Labute approximate surface area is 165 Å². The highest BCUT2D eigenvalue weighted by molar-refractivity contribution is 7.92. The first kappa shape index (κ1) is 17.3. The number of fused-ring (bicyclic) bond motifs is 2. The van der Waals surface area contributed by atoms with E-state index in [0.717, 1.165) is 5.56 Å². The van der Waals surface area contributed by atoms with E-state index in [0.29, 0.717) is 22.1 Å². The Morgan fingerprint density at radius 3 is 2.62 bits per heavy atom. The van der Waals surface area contributed by atoms with Crippen LogP contribution in [-0.4, -0.2) is 28.5 Å². The number of anilines is 1. The Morgan fingerprint density at radius 2 is 1.76 bits per heavy atom. The van der Waals surface area contributed by atoms with Crippen LogP contribution in [-0.2, 0) is 10.0 Å². The predicted octanol–water partition coefficient (Wildman–Crippen LogP) is 3.63. The molecule has 0 aliphatic rings. The molecule has 5 aromatic rings. The molecule has 0 aliphatic carbocycles. The highest BCUT2D eigenvalue weighted by Crippen LogP contribution is 2.28. The second kappa shape index (κ2) is 6.64. The number of benzene rings is 1. The third-order valence-electron chi connectivity index (χ3n) is 4.36. The fraction of sp³-hybridized carbons (Fsp3) is 0. The Bertz CT molecular complexity index is 1450. The van der Waals surface area contributed by atoms with Gasteiger partial charge in [-0.3, -0.25) is 9.71 Å². The van der Waals surface area contributed by atoms with Crippen molar-refractivity contribution >= 4 is 38.0 Å². The third-order valence-corrected chi connectivity index (χ3v) is 5.68. The number of pyridine rings is 3. The Morgan fingerprint density at radius 1 is 0.897 bits per heavy atom. The van der Waals surface area contributed by atoms with Crippen LogP contribution in [0.2, 0.25) is 0 Å². The van der Waals surface area contributed by atoms with Crippen molar-refractivity contribution < 1.29 is 12.9 Å². The van der Waals surface area contributed by atoms with Gasteiger partial charge in [-0.15, -0.1) is 0 Å². The van der Waals surface area contributed by atoms with E-state index < -0.39 is 10.0 Å². The van der Waals surface area contributed by atoms with Crippen LogP contribution in [0.15, 0.2) is 82.5 Å². The molecule has 0 unspecified atom stereocenters. The molecular formula is C20H13N5O3S. The zero-order chi connectivity index (χ0) is 19.8. The van der Waals surface area contributed by atoms with Gasteiger partial charge in [-0.25, -0.2) is 18.4 Å². The molecule has 29 heavy (non-hydrogen) atoms. The van der Waals surface area contributed by atoms with E-state index in [4.69, 9.17) is 4.52 Å². The maximum Gasteiger partial charge on any atom is 0.264 e. The molecule has 9 heteroatoms. The summed E-state index contributed by atoms with van der Waals surface area (Å²) in [5.41, 5.74) is 2.86. The third kappa shape index (κ3) is 3.17. The smallest absolute Gasteiger partial charge is 0.264 e. The summed E-state index contributed by atoms with van der Waals surface area (Å²) >= 11 is 0. The van der Waals surface area contributed by atoms with Crippen LogP contribution >= 0.6 is 0 Å². The van der Waals surface area contributed by atoms with Crippen molar-refractivity contribution in [1.82, 2.24) is 20.1 Å².